The van der Waals surface area contributed by atoms with Gasteiger partial charge in [0.05, 0.1) is 27.7 Å². The number of fused-ring (bicyclic) bond motifs is 1. The minimum Gasteiger partial charge on any atom is -0.493 e. The van der Waals surface area contributed by atoms with E-state index in [-0.39, 0.29) is 5.78 Å². The Balaban J connectivity index is 2.07. The Morgan fingerprint density at radius 1 is 1.37 bits per heavy atom. The molecule has 0 unspecified atom stereocenters. The van der Waals surface area contributed by atoms with Gasteiger partial charge >= 0.3 is 0 Å². The third-order valence-corrected chi connectivity index (χ3v) is 4.36. The van der Waals surface area contributed by atoms with E-state index in [4.69, 9.17) is 4.74 Å². The zero-order chi connectivity index (χ0) is 13.4. The molecule has 0 saturated carbocycles. The maximum absolute atomic E-state index is 12.6. The number of para-hydroxylation sites is 1. The molecule has 1 aromatic heterocycles. The quantitative estimate of drug-likeness (QED) is 0.788. The fraction of sp³-hybridized carbons (Fsp3) is 0.333. The molecule has 0 atom stereocenters. The fourth-order valence-corrected chi connectivity index (χ4v) is 3.31. The number of ketones is 1. The summed E-state index contributed by atoms with van der Waals surface area (Å²) >= 11 is 1.45. The van der Waals surface area contributed by atoms with Crippen LogP contribution in [0, 0.1) is 13.8 Å². The highest BCUT2D eigenvalue weighted by Crippen LogP contribution is 2.32. The Labute approximate surface area is 116 Å². The number of hydrogen-bond donors (Lipinski definition) is 0. The average Bonchev–Trinajstić information content (AvgIpc) is 2.76. The van der Waals surface area contributed by atoms with E-state index in [1.165, 1.54) is 11.3 Å². The first-order chi connectivity index (χ1) is 9.16. The molecule has 4 heteroatoms. The largest absolute Gasteiger partial charge is 0.493 e. The Hall–Kier alpha value is -1.68. The Bertz CT molecular complexity index is 646. The van der Waals surface area contributed by atoms with Crippen molar-refractivity contribution in [2.24, 2.45) is 0 Å². The standard InChI is InChI=1S/C15H15NO2S/c1-9-15(19-10(2)16-9)13(17)12-7-3-5-11-6-4-8-18-14(11)12/h3,5,7H,4,6,8H2,1-2H3. The molecule has 1 aromatic carbocycles. The van der Waals surface area contributed by atoms with Crippen molar-refractivity contribution in [2.75, 3.05) is 6.61 Å². The summed E-state index contributed by atoms with van der Waals surface area (Å²) in [7, 11) is 0. The molecule has 3 nitrogen and oxygen atoms in total. The number of aryl methyl sites for hydroxylation is 3. The highest BCUT2D eigenvalue weighted by atomic mass is 32.1. The Kier molecular flexibility index (Phi) is 3.11. The van der Waals surface area contributed by atoms with Gasteiger partial charge in [-0.2, -0.15) is 0 Å². The lowest BCUT2D eigenvalue weighted by atomic mass is 9.99. The van der Waals surface area contributed by atoms with Gasteiger partial charge in [0.25, 0.3) is 0 Å². The predicted molar refractivity (Wildman–Crippen MR) is 75.3 cm³/mol. The van der Waals surface area contributed by atoms with Gasteiger partial charge in [-0.25, -0.2) is 4.98 Å². The predicted octanol–water partition coefficient (Wildman–Crippen LogP) is 3.32. The smallest absolute Gasteiger partial charge is 0.208 e. The first kappa shape index (κ1) is 12.4. The number of rotatable bonds is 2. The first-order valence-electron chi connectivity index (χ1n) is 6.40. The lowest BCUT2D eigenvalue weighted by Gasteiger charge is -2.19. The van der Waals surface area contributed by atoms with Crippen molar-refractivity contribution in [3.05, 3.63) is 44.9 Å². The summed E-state index contributed by atoms with van der Waals surface area (Å²) in [6.45, 7) is 4.50. The normalized spacial score (nSPS) is 13.8. The van der Waals surface area contributed by atoms with E-state index in [0.717, 1.165) is 39.7 Å². The lowest BCUT2D eigenvalue weighted by Crippen LogP contribution is -2.13. The second-order valence-corrected chi connectivity index (χ2v) is 5.93. The topological polar surface area (TPSA) is 39.2 Å². The minimum absolute atomic E-state index is 0.0295. The van der Waals surface area contributed by atoms with Gasteiger partial charge < -0.3 is 4.74 Å². The maximum Gasteiger partial charge on any atom is 0.208 e. The van der Waals surface area contributed by atoms with Gasteiger partial charge in [-0.3, -0.25) is 4.79 Å². The van der Waals surface area contributed by atoms with Crippen molar-refractivity contribution < 1.29 is 9.53 Å². The number of thiazole rings is 1. The van der Waals surface area contributed by atoms with E-state index in [1.807, 2.05) is 32.0 Å². The van der Waals surface area contributed by atoms with Crippen molar-refractivity contribution in [1.29, 1.82) is 0 Å². The van der Waals surface area contributed by atoms with Crippen LogP contribution in [-0.2, 0) is 6.42 Å². The van der Waals surface area contributed by atoms with Crippen molar-refractivity contribution >= 4 is 17.1 Å². The molecule has 2 aromatic rings. The van der Waals surface area contributed by atoms with Gasteiger partial charge in [-0.15, -0.1) is 11.3 Å². The molecule has 0 saturated heterocycles. The van der Waals surface area contributed by atoms with E-state index in [0.29, 0.717) is 12.2 Å². The van der Waals surface area contributed by atoms with E-state index in [1.54, 1.807) is 0 Å². The highest BCUT2D eigenvalue weighted by Gasteiger charge is 2.23. The fourth-order valence-electron chi connectivity index (χ4n) is 2.43. The van der Waals surface area contributed by atoms with Gasteiger partial charge in [0, 0.05) is 0 Å². The van der Waals surface area contributed by atoms with E-state index < -0.39 is 0 Å². The van der Waals surface area contributed by atoms with Crippen LogP contribution in [0.4, 0.5) is 0 Å². The third kappa shape index (κ3) is 2.16. The molecule has 19 heavy (non-hydrogen) atoms. The Morgan fingerprint density at radius 3 is 2.95 bits per heavy atom. The molecule has 0 N–H and O–H groups in total. The van der Waals surface area contributed by atoms with Gasteiger partial charge in [0.15, 0.2) is 0 Å². The van der Waals surface area contributed by atoms with Crippen LogP contribution in [0.5, 0.6) is 5.75 Å². The molecule has 0 spiro atoms. The number of benzene rings is 1. The van der Waals surface area contributed by atoms with Gasteiger partial charge in [-0.05, 0) is 38.3 Å². The summed E-state index contributed by atoms with van der Waals surface area (Å²) in [5.41, 5.74) is 2.61. The van der Waals surface area contributed by atoms with Crippen LogP contribution in [0.1, 0.15) is 37.9 Å². The summed E-state index contributed by atoms with van der Waals surface area (Å²) in [5, 5.41) is 0.923. The number of carbonyl (C=O) groups excluding carboxylic acids is 1. The Morgan fingerprint density at radius 2 is 2.21 bits per heavy atom. The number of nitrogens with zero attached hydrogens (tertiary/aromatic N) is 1. The average molecular weight is 273 g/mol. The first-order valence-corrected chi connectivity index (χ1v) is 7.22. The zero-order valence-electron chi connectivity index (χ0n) is 11.0. The van der Waals surface area contributed by atoms with Crippen LogP contribution in [0.25, 0.3) is 0 Å². The van der Waals surface area contributed by atoms with Crippen molar-refractivity contribution in [2.45, 2.75) is 26.7 Å². The summed E-state index contributed by atoms with van der Waals surface area (Å²) in [5.74, 6) is 0.797. The third-order valence-electron chi connectivity index (χ3n) is 3.29. The molecular weight excluding hydrogens is 258 g/mol. The van der Waals surface area contributed by atoms with E-state index >= 15 is 0 Å². The van der Waals surface area contributed by atoms with E-state index in [9.17, 15) is 4.79 Å². The van der Waals surface area contributed by atoms with E-state index in [2.05, 4.69) is 4.98 Å². The monoisotopic (exact) mass is 273 g/mol. The van der Waals surface area contributed by atoms with Gasteiger partial charge in [0.2, 0.25) is 5.78 Å². The number of aromatic nitrogens is 1. The van der Waals surface area contributed by atoms with Crippen molar-refractivity contribution in [3.8, 4) is 5.75 Å². The van der Waals surface area contributed by atoms with Crippen LogP contribution < -0.4 is 4.74 Å². The van der Waals surface area contributed by atoms with Gasteiger partial charge in [0.1, 0.15) is 5.75 Å². The summed E-state index contributed by atoms with van der Waals surface area (Å²) < 4.78 is 5.71. The molecule has 0 radical (unpaired) electrons. The summed E-state index contributed by atoms with van der Waals surface area (Å²) in [4.78, 5) is 17.7. The SMILES string of the molecule is Cc1nc(C)c(C(=O)c2cccc3c2OCCC3)s1. The summed E-state index contributed by atoms with van der Waals surface area (Å²) in [6.07, 6.45) is 2.00. The van der Waals surface area contributed by atoms with Crippen LogP contribution in [0.3, 0.4) is 0 Å². The van der Waals surface area contributed by atoms with Crippen molar-refractivity contribution in [3.63, 3.8) is 0 Å². The number of carbonyl (C=O) groups is 1. The zero-order valence-corrected chi connectivity index (χ0v) is 11.8. The molecule has 1 aliphatic heterocycles. The van der Waals surface area contributed by atoms with Gasteiger partial charge in [-0.1, -0.05) is 12.1 Å². The molecule has 98 valence electrons. The second-order valence-electron chi connectivity index (χ2n) is 4.72. The molecule has 0 aliphatic carbocycles. The van der Waals surface area contributed by atoms with Crippen LogP contribution in [0.2, 0.25) is 0 Å². The molecule has 2 heterocycles. The maximum atomic E-state index is 12.6. The number of hydrogen-bond acceptors (Lipinski definition) is 4. The van der Waals surface area contributed by atoms with Crippen LogP contribution in [-0.4, -0.2) is 17.4 Å². The molecule has 0 fully saturated rings. The molecule has 1 aliphatic rings. The molecule has 0 bridgehead atoms. The highest BCUT2D eigenvalue weighted by molar-refractivity contribution is 7.14. The van der Waals surface area contributed by atoms with Crippen LogP contribution >= 0.6 is 11.3 Å². The van der Waals surface area contributed by atoms with Crippen LogP contribution in [0.15, 0.2) is 18.2 Å². The second kappa shape index (κ2) is 4.78. The van der Waals surface area contributed by atoms with Crippen molar-refractivity contribution in [1.82, 2.24) is 4.98 Å². The molecule has 0 amide bonds. The number of ether oxygens (including phenoxy) is 1. The molecular formula is C15H15NO2S. The lowest BCUT2D eigenvalue weighted by molar-refractivity contribution is 0.103. The summed E-state index contributed by atoms with van der Waals surface area (Å²) in [6, 6.07) is 5.82. The minimum atomic E-state index is 0.0295. The molecule has 3 rings (SSSR count).